The summed E-state index contributed by atoms with van der Waals surface area (Å²) < 4.78 is 0. The number of hydrogen-bond acceptors (Lipinski definition) is 1. The van der Waals surface area contributed by atoms with Crippen LogP contribution in [0.15, 0.2) is 48.5 Å². The summed E-state index contributed by atoms with van der Waals surface area (Å²) in [4.78, 5) is 0. The van der Waals surface area contributed by atoms with Crippen molar-refractivity contribution in [1.82, 2.24) is 5.32 Å². The van der Waals surface area contributed by atoms with Crippen LogP contribution in [0.5, 0.6) is 0 Å². The number of halogens is 1. The molecule has 0 aliphatic carbocycles. The summed E-state index contributed by atoms with van der Waals surface area (Å²) in [6.45, 7) is 3.21. The molecule has 1 unspecified atom stereocenters. The van der Waals surface area contributed by atoms with Crippen LogP contribution in [0.25, 0.3) is 0 Å². The molecule has 0 aliphatic heterocycles. The van der Waals surface area contributed by atoms with Gasteiger partial charge in [0.05, 0.1) is 0 Å². The van der Waals surface area contributed by atoms with Gasteiger partial charge in [-0.05, 0) is 67.6 Å². The van der Waals surface area contributed by atoms with Crippen LogP contribution >= 0.6 is 11.6 Å². The second-order valence-corrected chi connectivity index (χ2v) is 6.07. The number of aryl methyl sites for hydroxylation is 1. The van der Waals surface area contributed by atoms with Crippen LogP contribution in [-0.2, 0) is 19.3 Å². The molecule has 0 spiro atoms. The molecule has 1 N–H and O–H groups in total. The van der Waals surface area contributed by atoms with E-state index in [2.05, 4.69) is 48.6 Å². The number of rotatable bonds is 7. The van der Waals surface area contributed by atoms with E-state index in [-0.39, 0.29) is 0 Å². The van der Waals surface area contributed by atoms with Crippen LogP contribution in [0.4, 0.5) is 0 Å². The molecular weight excluding hydrogens is 278 g/mol. The minimum Gasteiger partial charge on any atom is -0.319 e. The van der Waals surface area contributed by atoms with Crippen molar-refractivity contribution in [2.75, 3.05) is 13.6 Å². The second kappa shape index (κ2) is 8.21. The van der Waals surface area contributed by atoms with Gasteiger partial charge in [-0.3, -0.25) is 0 Å². The molecule has 0 aromatic heterocycles. The topological polar surface area (TPSA) is 12.0 Å². The van der Waals surface area contributed by atoms with E-state index >= 15 is 0 Å². The van der Waals surface area contributed by atoms with Gasteiger partial charge in [0.1, 0.15) is 0 Å². The van der Waals surface area contributed by atoms with E-state index in [0.29, 0.717) is 5.92 Å². The molecule has 0 radical (unpaired) electrons. The van der Waals surface area contributed by atoms with Crippen LogP contribution in [0, 0.1) is 5.92 Å². The van der Waals surface area contributed by atoms with Crippen LogP contribution < -0.4 is 5.32 Å². The first-order valence-electron chi connectivity index (χ1n) is 7.68. The molecule has 2 rings (SSSR count). The highest BCUT2D eigenvalue weighted by atomic mass is 35.5. The normalized spacial score (nSPS) is 12.3. The molecule has 2 aromatic carbocycles. The molecule has 2 aromatic rings. The minimum atomic E-state index is 0.584. The number of nitrogens with one attached hydrogen (secondary N) is 1. The molecule has 1 atom stereocenters. The molecule has 21 heavy (non-hydrogen) atoms. The first-order valence-corrected chi connectivity index (χ1v) is 8.06. The molecule has 0 saturated carbocycles. The van der Waals surface area contributed by atoms with E-state index < -0.39 is 0 Å². The Morgan fingerprint density at radius 1 is 0.952 bits per heavy atom. The third-order valence-corrected chi connectivity index (χ3v) is 4.10. The fourth-order valence-corrected chi connectivity index (χ4v) is 2.96. The van der Waals surface area contributed by atoms with Gasteiger partial charge in [0.15, 0.2) is 0 Å². The van der Waals surface area contributed by atoms with Crippen LogP contribution in [0.2, 0.25) is 5.02 Å². The van der Waals surface area contributed by atoms with Crippen LogP contribution in [-0.4, -0.2) is 13.6 Å². The smallest absolute Gasteiger partial charge is 0.0408 e. The zero-order valence-electron chi connectivity index (χ0n) is 12.9. The van der Waals surface area contributed by atoms with E-state index in [1.807, 2.05) is 19.2 Å². The van der Waals surface area contributed by atoms with Gasteiger partial charge < -0.3 is 5.32 Å². The van der Waals surface area contributed by atoms with Crippen molar-refractivity contribution in [3.63, 3.8) is 0 Å². The summed E-state index contributed by atoms with van der Waals surface area (Å²) >= 11 is 6.08. The van der Waals surface area contributed by atoms with Crippen molar-refractivity contribution in [3.8, 4) is 0 Å². The average molecular weight is 302 g/mol. The van der Waals surface area contributed by atoms with Gasteiger partial charge in [0.2, 0.25) is 0 Å². The summed E-state index contributed by atoms with van der Waals surface area (Å²) in [7, 11) is 2.02. The Kier molecular flexibility index (Phi) is 6.28. The highest BCUT2D eigenvalue weighted by Gasteiger charge is 2.10. The largest absolute Gasteiger partial charge is 0.319 e. The first kappa shape index (κ1) is 16.1. The van der Waals surface area contributed by atoms with Crippen LogP contribution in [0.1, 0.15) is 23.6 Å². The fourth-order valence-electron chi connectivity index (χ4n) is 2.75. The highest BCUT2D eigenvalue weighted by Crippen LogP contribution is 2.18. The molecule has 2 heteroatoms. The zero-order chi connectivity index (χ0) is 15.1. The predicted octanol–water partition coefficient (Wildman–Crippen LogP) is 4.52. The Morgan fingerprint density at radius 3 is 2.24 bits per heavy atom. The maximum atomic E-state index is 6.08. The van der Waals surface area contributed by atoms with Gasteiger partial charge in [-0.15, -0.1) is 0 Å². The molecule has 0 aliphatic rings. The van der Waals surface area contributed by atoms with Crippen molar-refractivity contribution >= 4 is 11.6 Å². The van der Waals surface area contributed by atoms with Crippen molar-refractivity contribution in [2.24, 2.45) is 5.92 Å². The number of benzene rings is 2. The lowest BCUT2D eigenvalue weighted by atomic mass is 9.92. The van der Waals surface area contributed by atoms with E-state index in [1.54, 1.807) is 0 Å². The highest BCUT2D eigenvalue weighted by molar-refractivity contribution is 6.30. The van der Waals surface area contributed by atoms with Gasteiger partial charge >= 0.3 is 0 Å². The van der Waals surface area contributed by atoms with E-state index in [1.165, 1.54) is 16.7 Å². The van der Waals surface area contributed by atoms with Gasteiger partial charge in [-0.2, -0.15) is 0 Å². The standard InChI is InChI=1S/C19H24ClN/c1-3-15-7-9-16(10-8-15)11-18(14-21-2)12-17-5-4-6-19(20)13-17/h4-10,13,18,21H,3,11-12,14H2,1-2H3. The lowest BCUT2D eigenvalue weighted by Gasteiger charge is -2.17. The maximum Gasteiger partial charge on any atom is 0.0408 e. The van der Waals surface area contributed by atoms with E-state index in [9.17, 15) is 0 Å². The Labute approximate surface area is 133 Å². The summed E-state index contributed by atoms with van der Waals surface area (Å²) in [5, 5.41) is 4.13. The summed E-state index contributed by atoms with van der Waals surface area (Å²) in [6, 6.07) is 17.2. The van der Waals surface area contributed by atoms with Crippen molar-refractivity contribution in [3.05, 3.63) is 70.2 Å². The quantitative estimate of drug-likeness (QED) is 0.792. The monoisotopic (exact) mass is 301 g/mol. The molecular formula is C19H24ClN. The van der Waals surface area contributed by atoms with Crippen LogP contribution in [0.3, 0.4) is 0 Å². The number of hydrogen-bond donors (Lipinski definition) is 1. The van der Waals surface area contributed by atoms with Crippen molar-refractivity contribution in [1.29, 1.82) is 0 Å². The van der Waals surface area contributed by atoms with E-state index in [0.717, 1.165) is 30.8 Å². The molecule has 0 amide bonds. The van der Waals surface area contributed by atoms with Crippen molar-refractivity contribution < 1.29 is 0 Å². The van der Waals surface area contributed by atoms with Gasteiger partial charge in [0, 0.05) is 5.02 Å². The second-order valence-electron chi connectivity index (χ2n) is 5.63. The molecule has 0 bridgehead atoms. The summed E-state index contributed by atoms with van der Waals surface area (Å²) in [5.41, 5.74) is 4.13. The Morgan fingerprint density at radius 2 is 1.62 bits per heavy atom. The predicted molar refractivity (Wildman–Crippen MR) is 92.1 cm³/mol. The first-order chi connectivity index (χ1) is 10.2. The van der Waals surface area contributed by atoms with Gasteiger partial charge in [-0.1, -0.05) is 54.9 Å². The van der Waals surface area contributed by atoms with E-state index in [4.69, 9.17) is 11.6 Å². The lowest BCUT2D eigenvalue weighted by molar-refractivity contribution is 0.493. The summed E-state index contributed by atoms with van der Waals surface area (Å²) in [6.07, 6.45) is 3.25. The molecule has 0 saturated heterocycles. The minimum absolute atomic E-state index is 0.584. The molecule has 112 valence electrons. The Hall–Kier alpha value is -1.31. The maximum absolute atomic E-state index is 6.08. The summed E-state index contributed by atoms with van der Waals surface area (Å²) in [5.74, 6) is 0.584. The van der Waals surface area contributed by atoms with Crippen molar-refractivity contribution in [2.45, 2.75) is 26.2 Å². The van der Waals surface area contributed by atoms with Gasteiger partial charge in [0.25, 0.3) is 0 Å². The Bertz CT molecular complexity index is 548. The zero-order valence-corrected chi connectivity index (χ0v) is 13.7. The SMILES string of the molecule is CCc1ccc(CC(CNC)Cc2cccc(Cl)c2)cc1. The molecule has 0 fully saturated rings. The average Bonchev–Trinajstić information content (AvgIpc) is 2.48. The third-order valence-electron chi connectivity index (χ3n) is 3.86. The Balaban J connectivity index is 2.04. The molecule has 1 nitrogen and oxygen atoms in total. The fraction of sp³-hybridized carbons (Fsp3) is 0.368. The van der Waals surface area contributed by atoms with Gasteiger partial charge in [-0.25, -0.2) is 0 Å². The third kappa shape index (κ3) is 5.18. The molecule has 0 heterocycles. The lowest BCUT2D eigenvalue weighted by Crippen LogP contribution is -2.22.